The molecule has 0 fully saturated rings. The van der Waals surface area contributed by atoms with Crippen molar-refractivity contribution >= 4 is 28.3 Å². The van der Waals surface area contributed by atoms with Crippen LogP contribution >= 0.6 is 24.0 Å². The lowest BCUT2D eigenvalue weighted by molar-refractivity contribution is 0.762. The summed E-state index contributed by atoms with van der Waals surface area (Å²) in [5, 5.41) is 3.21. The molecule has 0 aliphatic heterocycles. The van der Waals surface area contributed by atoms with Gasteiger partial charge in [-0.15, -0.1) is 0 Å². The van der Waals surface area contributed by atoms with E-state index in [4.69, 9.17) is 12.2 Å². The quantitative estimate of drug-likeness (QED) is 0.530. The molecule has 66 valence electrons. The summed E-state index contributed by atoms with van der Waals surface area (Å²) < 4.78 is 0.959. The number of nitrogens with one attached hydrogen (secondary N) is 1. The molecule has 0 amide bonds. The van der Waals surface area contributed by atoms with E-state index in [2.05, 4.69) is 19.2 Å². The fraction of sp³-hybridized carbons (Fsp3) is 0.875. The van der Waals surface area contributed by atoms with Crippen LogP contribution in [0.4, 0.5) is 0 Å². The van der Waals surface area contributed by atoms with Crippen molar-refractivity contribution in [1.29, 1.82) is 0 Å². The molecule has 0 unspecified atom stereocenters. The molecule has 0 bridgehead atoms. The number of hydrogen-bond donors (Lipinski definition) is 1. The SMILES string of the molecule is CCCCNC(=S)SCCC. The molecular formula is C8H17NS2. The van der Waals surface area contributed by atoms with E-state index in [0.717, 1.165) is 16.6 Å². The van der Waals surface area contributed by atoms with Crippen molar-refractivity contribution in [3.63, 3.8) is 0 Å². The highest BCUT2D eigenvalue weighted by Crippen LogP contribution is 2.03. The summed E-state index contributed by atoms with van der Waals surface area (Å²) in [5.41, 5.74) is 0. The number of rotatable bonds is 5. The molecule has 0 aliphatic rings. The van der Waals surface area contributed by atoms with Crippen molar-refractivity contribution in [2.45, 2.75) is 33.1 Å². The molecule has 0 heterocycles. The Morgan fingerprint density at radius 3 is 2.64 bits per heavy atom. The Kier molecular flexibility index (Phi) is 8.52. The maximum absolute atomic E-state index is 5.08. The molecule has 0 spiro atoms. The molecule has 0 radical (unpaired) electrons. The summed E-state index contributed by atoms with van der Waals surface area (Å²) in [6, 6.07) is 0. The summed E-state index contributed by atoms with van der Waals surface area (Å²) in [6.07, 6.45) is 3.64. The van der Waals surface area contributed by atoms with Gasteiger partial charge in [-0.25, -0.2) is 0 Å². The predicted octanol–water partition coefficient (Wildman–Crippen LogP) is 2.80. The molecule has 0 rings (SSSR count). The van der Waals surface area contributed by atoms with E-state index >= 15 is 0 Å². The second-order valence-corrected chi connectivity index (χ2v) is 4.19. The fourth-order valence-electron chi connectivity index (χ4n) is 0.613. The first-order valence-electron chi connectivity index (χ1n) is 4.21. The van der Waals surface area contributed by atoms with E-state index in [-0.39, 0.29) is 0 Å². The molecule has 0 saturated heterocycles. The smallest absolute Gasteiger partial charge is 0.133 e. The summed E-state index contributed by atoms with van der Waals surface area (Å²) in [5.74, 6) is 1.14. The first kappa shape index (κ1) is 11.2. The molecule has 1 nitrogen and oxygen atoms in total. The molecule has 3 heteroatoms. The zero-order valence-electron chi connectivity index (χ0n) is 7.35. The van der Waals surface area contributed by atoms with Crippen LogP contribution in [0.3, 0.4) is 0 Å². The van der Waals surface area contributed by atoms with Gasteiger partial charge < -0.3 is 5.32 Å². The molecule has 0 atom stereocenters. The molecule has 0 aromatic carbocycles. The Labute approximate surface area is 79.3 Å². The Balaban J connectivity index is 3.09. The van der Waals surface area contributed by atoms with Gasteiger partial charge in [0, 0.05) is 6.54 Å². The largest absolute Gasteiger partial charge is 0.371 e. The van der Waals surface area contributed by atoms with Gasteiger partial charge in [0.25, 0.3) is 0 Å². The van der Waals surface area contributed by atoms with Crippen molar-refractivity contribution < 1.29 is 0 Å². The molecule has 0 aliphatic carbocycles. The highest BCUT2D eigenvalue weighted by atomic mass is 32.2. The van der Waals surface area contributed by atoms with Crippen LogP contribution in [0.5, 0.6) is 0 Å². The zero-order chi connectivity index (χ0) is 8.53. The minimum atomic E-state index is 0.959. The summed E-state index contributed by atoms with van der Waals surface area (Å²) >= 11 is 6.83. The lowest BCUT2D eigenvalue weighted by atomic mass is 10.3. The maximum Gasteiger partial charge on any atom is 0.133 e. The summed E-state index contributed by atoms with van der Waals surface area (Å²) in [7, 11) is 0. The van der Waals surface area contributed by atoms with E-state index < -0.39 is 0 Å². The first-order chi connectivity index (χ1) is 5.31. The van der Waals surface area contributed by atoms with Gasteiger partial charge in [0.15, 0.2) is 0 Å². The van der Waals surface area contributed by atoms with Crippen LogP contribution < -0.4 is 5.32 Å². The summed E-state index contributed by atoms with van der Waals surface area (Å²) in [4.78, 5) is 0. The van der Waals surface area contributed by atoms with Crippen LogP contribution in [-0.4, -0.2) is 16.6 Å². The highest BCUT2D eigenvalue weighted by molar-refractivity contribution is 8.22. The monoisotopic (exact) mass is 191 g/mol. The van der Waals surface area contributed by atoms with Crippen LogP contribution in [0.2, 0.25) is 0 Å². The van der Waals surface area contributed by atoms with Gasteiger partial charge >= 0.3 is 0 Å². The Morgan fingerprint density at radius 2 is 2.09 bits per heavy atom. The average Bonchev–Trinajstić information content (AvgIpc) is 2.01. The van der Waals surface area contributed by atoms with Crippen molar-refractivity contribution in [3.05, 3.63) is 0 Å². The molecule has 0 aromatic heterocycles. The molecule has 11 heavy (non-hydrogen) atoms. The summed E-state index contributed by atoms with van der Waals surface area (Å²) in [6.45, 7) is 5.39. The van der Waals surface area contributed by atoms with Gasteiger partial charge in [0.05, 0.1) is 0 Å². The average molecular weight is 191 g/mol. The van der Waals surface area contributed by atoms with Crippen LogP contribution in [0.1, 0.15) is 33.1 Å². The van der Waals surface area contributed by atoms with Gasteiger partial charge in [-0.3, -0.25) is 0 Å². The van der Waals surface area contributed by atoms with Gasteiger partial charge in [-0.2, -0.15) is 0 Å². The lowest BCUT2D eigenvalue weighted by Gasteiger charge is -2.04. The minimum absolute atomic E-state index is 0.959. The zero-order valence-corrected chi connectivity index (χ0v) is 8.99. The van der Waals surface area contributed by atoms with E-state index in [1.54, 1.807) is 11.8 Å². The Hall–Kier alpha value is 0.240. The normalized spacial score (nSPS) is 9.64. The van der Waals surface area contributed by atoms with Crippen molar-refractivity contribution in [1.82, 2.24) is 5.32 Å². The first-order valence-corrected chi connectivity index (χ1v) is 5.61. The van der Waals surface area contributed by atoms with E-state index in [0.29, 0.717) is 0 Å². The van der Waals surface area contributed by atoms with Gasteiger partial charge in [-0.1, -0.05) is 44.2 Å². The third-order valence-electron chi connectivity index (χ3n) is 1.24. The number of thiocarbonyl (C=S) groups is 1. The second-order valence-electron chi connectivity index (χ2n) is 2.42. The second kappa shape index (κ2) is 8.34. The third-order valence-corrected chi connectivity index (χ3v) is 2.75. The molecule has 0 aromatic rings. The predicted molar refractivity (Wildman–Crippen MR) is 58.3 cm³/mol. The van der Waals surface area contributed by atoms with E-state index in [9.17, 15) is 0 Å². The van der Waals surface area contributed by atoms with Crippen LogP contribution in [0, 0.1) is 0 Å². The van der Waals surface area contributed by atoms with Crippen molar-refractivity contribution in [2.24, 2.45) is 0 Å². The standard InChI is InChI=1S/C8H17NS2/c1-3-5-6-9-8(10)11-7-4-2/h3-7H2,1-2H3,(H,9,10). The Bertz CT molecular complexity index is 104. The lowest BCUT2D eigenvalue weighted by Crippen LogP contribution is -2.19. The van der Waals surface area contributed by atoms with E-state index in [1.165, 1.54) is 19.3 Å². The van der Waals surface area contributed by atoms with Gasteiger partial charge in [0.2, 0.25) is 0 Å². The Morgan fingerprint density at radius 1 is 1.36 bits per heavy atom. The highest BCUT2D eigenvalue weighted by Gasteiger charge is 1.93. The van der Waals surface area contributed by atoms with Gasteiger partial charge in [0.1, 0.15) is 4.32 Å². The van der Waals surface area contributed by atoms with E-state index in [1.807, 2.05) is 0 Å². The molecule has 1 N–H and O–H groups in total. The molecular weight excluding hydrogens is 174 g/mol. The van der Waals surface area contributed by atoms with Crippen LogP contribution in [0.25, 0.3) is 0 Å². The number of thioether (sulfide) groups is 1. The third kappa shape index (κ3) is 8.14. The minimum Gasteiger partial charge on any atom is -0.371 e. The maximum atomic E-state index is 5.08. The van der Waals surface area contributed by atoms with Crippen molar-refractivity contribution in [3.8, 4) is 0 Å². The number of unbranched alkanes of at least 4 members (excludes halogenated alkanes) is 1. The fourth-order valence-corrected chi connectivity index (χ4v) is 1.56. The van der Waals surface area contributed by atoms with Crippen LogP contribution in [-0.2, 0) is 0 Å². The van der Waals surface area contributed by atoms with Crippen molar-refractivity contribution in [2.75, 3.05) is 12.3 Å². The number of hydrogen-bond acceptors (Lipinski definition) is 2. The van der Waals surface area contributed by atoms with Gasteiger partial charge in [-0.05, 0) is 18.6 Å². The molecule has 0 saturated carbocycles. The topological polar surface area (TPSA) is 12.0 Å². The van der Waals surface area contributed by atoms with Crippen LogP contribution in [0.15, 0.2) is 0 Å².